The molecule has 3 aromatic heterocycles. The number of nitrogens with zero attached hydrogens (tertiary/aromatic N) is 6. The van der Waals surface area contributed by atoms with Crippen molar-refractivity contribution < 1.29 is 38.1 Å². The maximum Gasteiger partial charge on any atom is 0.407 e. The number of anilines is 1. The number of methoxy groups -OCH3 is 2. The van der Waals surface area contributed by atoms with Gasteiger partial charge in [-0.2, -0.15) is 0 Å². The first kappa shape index (κ1) is 49.0. The number of hydrogen-bond donors (Lipinski definition) is 4. The van der Waals surface area contributed by atoms with E-state index in [4.69, 9.17) is 33.9 Å². The molecule has 0 spiro atoms. The lowest BCUT2D eigenvalue weighted by atomic mass is 9.85. The number of likely N-dealkylation sites (N-methyl/N-ethyl adjacent to an activating group) is 1. The first-order valence-electron chi connectivity index (χ1n) is 25.2. The Kier molecular flexibility index (Phi) is 14.3. The molecule has 0 saturated carbocycles. The first-order chi connectivity index (χ1) is 33.6. The highest BCUT2D eigenvalue weighted by atomic mass is 16.5. The number of pyridine rings is 1. The van der Waals surface area contributed by atoms with Gasteiger partial charge in [0.25, 0.3) is 0 Å². The average molecular weight is 963 g/mol. The predicted molar refractivity (Wildman–Crippen MR) is 262 cm³/mol. The van der Waals surface area contributed by atoms with Gasteiger partial charge in [-0.05, 0) is 128 Å². The second kappa shape index (κ2) is 20.4. The largest absolute Gasteiger partial charge is 0.453 e. The molecule has 4 saturated heterocycles. The number of hydrogen-bond acceptors (Lipinski definition) is 12. The summed E-state index contributed by atoms with van der Waals surface area (Å²) in [6.45, 7) is 13.0. The van der Waals surface area contributed by atoms with E-state index < -0.39 is 24.3 Å². The summed E-state index contributed by atoms with van der Waals surface area (Å²) in [4.78, 5) is 82.3. The summed E-state index contributed by atoms with van der Waals surface area (Å²) in [6, 6.07) is 6.22. The van der Waals surface area contributed by atoms with E-state index in [0.29, 0.717) is 37.3 Å². The van der Waals surface area contributed by atoms with Gasteiger partial charge in [0.15, 0.2) is 0 Å². The number of fused-ring (bicyclic) bond motifs is 1. The van der Waals surface area contributed by atoms with Gasteiger partial charge in [-0.15, -0.1) is 0 Å². The van der Waals surface area contributed by atoms with Crippen molar-refractivity contribution >= 4 is 29.7 Å². The number of aromatic amines is 2. The molecule has 11 atom stereocenters. The van der Waals surface area contributed by atoms with Crippen molar-refractivity contribution in [2.45, 2.75) is 160 Å². The third-order valence-electron chi connectivity index (χ3n) is 15.5. The lowest BCUT2D eigenvalue weighted by molar-refractivity contribution is -0.141. The van der Waals surface area contributed by atoms with Crippen LogP contribution in [0.4, 0.5) is 15.3 Å². The number of nitrogens with one attached hydrogen (secondary N) is 4. The van der Waals surface area contributed by atoms with Gasteiger partial charge in [-0.3, -0.25) is 14.6 Å². The van der Waals surface area contributed by atoms with E-state index in [1.54, 1.807) is 0 Å². The van der Waals surface area contributed by atoms with Gasteiger partial charge < -0.3 is 54.2 Å². The second-order valence-corrected chi connectivity index (χ2v) is 20.5. The zero-order chi connectivity index (χ0) is 49.5. The molecule has 0 aliphatic carbocycles. The SMILES string of the molecule is COC(=O)N[C@H](C(=O)N1[C@@H](C)CC[C@H]1c1ncc(-c2ccc(-c3cnc(-c4cnc([C@@H]5CC[C@H](C)N5C(=O)[C@@H](NC(=O)OC)C5C[C@@H](C)O[C@H](C)C5)[nH]4)c4c3CCN4C)cc2)[nH]1)C1C[C@@H](C)O[C@@H](C)C1. The van der Waals surface area contributed by atoms with Crippen LogP contribution in [0, 0.1) is 11.8 Å². The molecule has 4 aromatic rings. The van der Waals surface area contributed by atoms with Crippen LogP contribution in [0.15, 0.2) is 42.9 Å². The fraction of sp³-hybridized carbons (Fsp3) is 0.596. The molecule has 18 nitrogen and oxygen atoms in total. The van der Waals surface area contributed by atoms with Gasteiger partial charge in [0.2, 0.25) is 11.8 Å². The van der Waals surface area contributed by atoms with Crippen LogP contribution in [0.5, 0.6) is 0 Å². The van der Waals surface area contributed by atoms with Gasteiger partial charge in [0, 0.05) is 37.4 Å². The second-order valence-electron chi connectivity index (χ2n) is 20.5. The summed E-state index contributed by atoms with van der Waals surface area (Å²) < 4.78 is 21.9. The topological polar surface area (TPSA) is 209 Å². The number of aromatic nitrogens is 5. The van der Waals surface area contributed by atoms with E-state index in [1.807, 2.05) is 56.1 Å². The lowest BCUT2D eigenvalue weighted by Crippen LogP contribution is -2.55. The number of amides is 4. The molecular formula is C52H70N10O8. The van der Waals surface area contributed by atoms with Crippen LogP contribution < -0.4 is 15.5 Å². The van der Waals surface area contributed by atoms with E-state index >= 15 is 0 Å². The van der Waals surface area contributed by atoms with Crippen LogP contribution in [-0.2, 0) is 35.0 Å². The molecule has 70 heavy (non-hydrogen) atoms. The molecule has 18 heteroatoms. The van der Waals surface area contributed by atoms with Crippen LogP contribution in [0.2, 0.25) is 0 Å². The third-order valence-corrected chi connectivity index (χ3v) is 15.5. The number of imidazole rings is 2. The lowest BCUT2D eigenvalue weighted by Gasteiger charge is -2.39. The van der Waals surface area contributed by atoms with E-state index in [2.05, 4.69) is 70.7 Å². The zero-order valence-electron chi connectivity index (χ0n) is 42.0. The Balaban J connectivity index is 0.926. The number of carbonyl (C=O) groups excluding carboxylic acids is 4. The monoisotopic (exact) mass is 963 g/mol. The number of carbonyl (C=O) groups is 4. The molecule has 0 radical (unpaired) electrons. The summed E-state index contributed by atoms with van der Waals surface area (Å²) in [5.74, 6) is 0.941. The Morgan fingerprint density at radius 3 is 1.59 bits per heavy atom. The molecule has 5 aliphatic rings. The number of rotatable bonds is 11. The van der Waals surface area contributed by atoms with Gasteiger partial charge >= 0.3 is 12.2 Å². The molecule has 1 unspecified atom stereocenters. The minimum atomic E-state index is -0.756. The summed E-state index contributed by atoms with van der Waals surface area (Å²) in [7, 11) is 4.72. The summed E-state index contributed by atoms with van der Waals surface area (Å²) >= 11 is 0. The normalized spacial score (nSPS) is 28.6. The van der Waals surface area contributed by atoms with E-state index in [1.165, 1.54) is 19.8 Å². The number of alkyl carbamates (subject to hydrolysis) is 2. The van der Waals surface area contributed by atoms with Gasteiger partial charge in [-0.1, -0.05) is 24.3 Å². The molecule has 1 aromatic carbocycles. The summed E-state index contributed by atoms with van der Waals surface area (Å²) in [6.07, 6.45) is 10.8. The van der Waals surface area contributed by atoms with Crippen LogP contribution in [0.1, 0.15) is 122 Å². The maximum atomic E-state index is 14.6. The molecule has 4 fully saturated rings. The van der Waals surface area contributed by atoms with Crippen LogP contribution >= 0.6 is 0 Å². The molecule has 4 N–H and O–H groups in total. The molecular weight excluding hydrogens is 893 g/mol. The minimum Gasteiger partial charge on any atom is -0.453 e. The molecule has 376 valence electrons. The van der Waals surface area contributed by atoms with Crippen molar-refractivity contribution in [3.05, 3.63) is 60.1 Å². The minimum absolute atomic E-state index is 0.0302. The highest BCUT2D eigenvalue weighted by molar-refractivity contribution is 5.88. The molecule has 9 rings (SSSR count). The Bertz CT molecular complexity index is 2530. The highest BCUT2D eigenvalue weighted by Gasteiger charge is 2.46. The Labute approximate surface area is 410 Å². The van der Waals surface area contributed by atoms with Crippen molar-refractivity contribution in [3.8, 4) is 33.8 Å². The quantitative estimate of drug-likeness (QED) is 0.115. The Morgan fingerprint density at radius 1 is 0.643 bits per heavy atom. The average Bonchev–Trinajstić information content (AvgIpc) is 4.20. The van der Waals surface area contributed by atoms with Gasteiger partial charge in [0.05, 0.1) is 80.2 Å². The van der Waals surface area contributed by atoms with Crippen LogP contribution in [0.3, 0.4) is 0 Å². The summed E-state index contributed by atoms with van der Waals surface area (Å²) in [5, 5.41) is 5.78. The van der Waals surface area contributed by atoms with E-state index in [-0.39, 0.29) is 72.2 Å². The number of H-pyrrole nitrogens is 2. The van der Waals surface area contributed by atoms with Gasteiger partial charge in [0.1, 0.15) is 29.4 Å². The molecule has 8 heterocycles. The maximum absolute atomic E-state index is 14.6. The van der Waals surface area contributed by atoms with Crippen molar-refractivity contribution in [2.75, 3.05) is 32.7 Å². The standard InChI is InChI=1S/C52H70N10O8/c1-27-10-16-41(61(27)49(63)43(58-51(65)67-8)35-20-29(3)69-30(4)21-35)47-54-25-39(56-47)34-14-12-33(13-15-34)38-24-53-45(46-37(38)18-19-60(46)7)40-26-55-48(57-40)42-17-11-28(2)62(42)50(64)44(59-52(66)68-9)36-22-31(5)70-32(6)23-36/h12-15,24-32,35-36,41-44H,10-11,16-23H2,1-9H3,(H,54,56)(H,55,57)(H,58,65)(H,59,66)/t27-,28-,29-,30+,31+,32+,35?,41-,42-,43-,44-/m0/s1. The fourth-order valence-corrected chi connectivity index (χ4v) is 12.3. The van der Waals surface area contributed by atoms with Crippen molar-refractivity contribution in [3.63, 3.8) is 0 Å². The van der Waals surface area contributed by atoms with Crippen LogP contribution in [-0.4, -0.2) is 135 Å². The predicted octanol–water partition coefficient (Wildman–Crippen LogP) is 7.48. The van der Waals surface area contributed by atoms with E-state index in [0.717, 1.165) is 78.1 Å². The first-order valence-corrected chi connectivity index (χ1v) is 25.2. The third kappa shape index (κ3) is 9.72. The molecule has 0 bridgehead atoms. The summed E-state index contributed by atoms with van der Waals surface area (Å²) in [5.41, 5.74) is 7.73. The molecule has 4 amide bonds. The zero-order valence-corrected chi connectivity index (χ0v) is 42.0. The fourth-order valence-electron chi connectivity index (χ4n) is 12.3. The number of ether oxygens (including phenoxy) is 4. The smallest absolute Gasteiger partial charge is 0.407 e. The number of likely N-dealkylation sites (tertiary alicyclic amines) is 2. The van der Waals surface area contributed by atoms with Crippen molar-refractivity contribution in [1.82, 2.24) is 45.4 Å². The van der Waals surface area contributed by atoms with Gasteiger partial charge in [-0.25, -0.2) is 19.6 Å². The van der Waals surface area contributed by atoms with Crippen molar-refractivity contribution in [2.24, 2.45) is 11.8 Å². The van der Waals surface area contributed by atoms with E-state index in [9.17, 15) is 19.2 Å². The Hall–Kier alpha value is -6.01. The van der Waals surface area contributed by atoms with Crippen molar-refractivity contribution in [1.29, 1.82) is 0 Å². The van der Waals surface area contributed by atoms with Crippen LogP contribution in [0.25, 0.3) is 33.8 Å². The number of benzene rings is 1. The Morgan fingerprint density at radius 2 is 1.10 bits per heavy atom. The molecule has 5 aliphatic heterocycles. The highest BCUT2D eigenvalue weighted by Crippen LogP contribution is 2.44.